The molecule has 0 bridgehead atoms. The van der Waals surface area contributed by atoms with Crippen molar-refractivity contribution in [3.05, 3.63) is 59.7 Å². The van der Waals surface area contributed by atoms with Crippen molar-refractivity contribution >= 4 is 18.0 Å². The number of aliphatic carboxylic acids is 1. The van der Waals surface area contributed by atoms with Gasteiger partial charge in [0.25, 0.3) is 5.91 Å². The van der Waals surface area contributed by atoms with E-state index in [4.69, 9.17) is 14.6 Å². The minimum Gasteiger partial charge on any atom is -0.481 e. The molecule has 1 aliphatic heterocycles. The van der Waals surface area contributed by atoms with E-state index in [0.29, 0.717) is 13.0 Å². The highest BCUT2D eigenvalue weighted by atomic mass is 16.6. The summed E-state index contributed by atoms with van der Waals surface area (Å²) in [7, 11) is 0. The molecule has 3 N–H and O–H groups in total. The molecule has 1 fully saturated rings. The lowest BCUT2D eigenvalue weighted by Gasteiger charge is -2.25. The molecule has 1 aliphatic carbocycles. The average molecular weight is 467 g/mol. The Balaban J connectivity index is 1.32. The molecule has 2 amide bonds. The first kappa shape index (κ1) is 23.8. The summed E-state index contributed by atoms with van der Waals surface area (Å²) in [6, 6.07) is 15.7. The van der Waals surface area contributed by atoms with Gasteiger partial charge in [0.2, 0.25) is 0 Å². The first-order valence-electron chi connectivity index (χ1n) is 11.5. The molecule has 1 heterocycles. The van der Waals surface area contributed by atoms with E-state index in [2.05, 4.69) is 34.9 Å². The lowest BCUT2D eigenvalue weighted by molar-refractivity contribution is -0.140. The molecule has 2 aromatic rings. The van der Waals surface area contributed by atoms with Gasteiger partial charge in [-0.2, -0.15) is 0 Å². The van der Waals surface area contributed by atoms with Gasteiger partial charge in [-0.3, -0.25) is 9.59 Å². The monoisotopic (exact) mass is 466 g/mol. The molecule has 2 aliphatic rings. The highest BCUT2D eigenvalue weighted by molar-refractivity contribution is 5.83. The average Bonchev–Trinajstić information content (AvgIpc) is 3.38. The molecular weight excluding hydrogens is 436 g/mol. The molecule has 2 atom stereocenters. The molecule has 0 radical (unpaired) electrons. The molecule has 0 saturated carbocycles. The Morgan fingerprint density at radius 1 is 1.06 bits per heavy atom. The first-order chi connectivity index (χ1) is 16.2. The lowest BCUT2D eigenvalue weighted by atomic mass is 9.89. The first-order valence-corrected chi connectivity index (χ1v) is 11.5. The van der Waals surface area contributed by atoms with Gasteiger partial charge in [0, 0.05) is 19.1 Å². The van der Waals surface area contributed by atoms with Gasteiger partial charge in [0.05, 0.1) is 12.5 Å². The summed E-state index contributed by atoms with van der Waals surface area (Å²) in [5.41, 5.74) is 3.96. The van der Waals surface area contributed by atoms with E-state index in [-0.39, 0.29) is 31.4 Å². The number of carboxylic acid groups (broad SMARTS) is 1. The van der Waals surface area contributed by atoms with E-state index >= 15 is 0 Å². The van der Waals surface area contributed by atoms with Gasteiger partial charge >= 0.3 is 12.1 Å². The van der Waals surface area contributed by atoms with Crippen LogP contribution in [0, 0.1) is 5.41 Å². The number of ether oxygens (including phenoxy) is 2. The topological polar surface area (TPSA) is 114 Å². The number of hydrogen-bond donors (Lipinski definition) is 3. The van der Waals surface area contributed by atoms with Crippen LogP contribution in [0.25, 0.3) is 11.1 Å². The summed E-state index contributed by atoms with van der Waals surface area (Å²) in [6.07, 6.45) is -1.02. The van der Waals surface area contributed by atoms with Crippen LogP contribution in [0.15, 0.2) is 48.5 Å². The van der Waals surface area contributed by atoms with Gasteiger partial charge in [0.1, 0.15) is 6.61 Å². The fourth-order valence-corrected chi connectivity index (χ4v) is 4.69. The van der Waals surface area contributed by atoms with Crippen molar-refractivity contribution < 1.29 is 29.0 Å². The highest BCUT2D eigenvalue weighted by Crippen LogP contribution is 2.44. The minimum atomic E-state index is -0.925. The summed E-state index contributed by atoms with van der Waals surface area (Å²) in [5.74, 6) is -1.35. The van der Waals surface area contributed by atoms with Crippen LogP contribution in [0.4, 0.5) is 4.79 Å². The molecule has 180 valence electrons. The molecule has 0 aromatic heterocycles. The summed E-state index contributed by atoms with van der Waals surface area (Å²) in [5, 5.41) is 14.5. The number of benzene rings is 2. The maximum Gasteiger partial charge on any atom is 0.407 e. The third kappa shape index (κ3) is 5.22. The van der Waals surface area contributed by atoms with Crippen LogP contribution >= 0.6 is 0 Å². The molecule has 1 saturated heterocycles. The number of nitrogens with one attached hydrogen (secondary N) is 2. The van der Waals surface area contributed by atoms with Crippen molar-refractivity contribution in [2.45, 2.75) is 44.8 Å². The maximum absolute atomic E-state index is 12.6. The van der Waals surface area contributed by atoms with Crippen molar-refractivity contribution in [2.75, 3.05) is 19.8 Å². The van der Waals surface area contributed by atoms with Crippen molar-refractivity contribution in [3.63, 3.8) is 0 Å². The third-order valence-electron chi connectivity index (χ3n) is 6.37. The van der Waals surface area contributed by atoms with Crippen LogP contribution in [0.2, 0.25) is 0 Å². The van der Waals surface area contributed by atoms with Crippen LogP contribution in [0.1, 0.15) is 43.7 Å². The van der Waals surface area contributed by atoms with Crippen molar-refractivity contribution in [3.8, 4) is 11.1 Å². The molecule has 4 rings (SSSR count). The van der Waals surface area contributed by atoms with Gasteiger partial charge in [-0.15, -0.1) is 0 Å². The Kier molecular flexibility index (Phi) is 6.88. The number of hydrogen-bond acceptors (Lipinski definition) is 5. The van der Waals surface area contributed by atoms with Gasteiger partial charge in [-0.1, -0.05) is 62.4 Å². The molecule has 0 unspecified atom stereocenters. The van der Waals surface area contributed by atoms with E-state index in [9.17, 15) is 14.4 Å². The quantitative estimate of drug-likeness (QED) is 0.550. The Morgan fingerprint density at radius 3 is 2.29 bits per heavy atom. The van der Waals surface area contributed by atoms with Gasteiger partial charge < -0.3 is 25.2 Å². The van der Waals surface area contributed by atoms with Crippen molar-refractivity contribution in [2.24, 2.45) is 5.41 Å². The van der Waals surface area contributed by atoms with Gasteiger partial charge in [-0.05, 0) is 34.1 Å². The number of rotatable bonds is 8. The summed E-state index contributed by atoms with van der Waals surface area (Å²) >= 11 is 0. The largest absolute Gasteiger partial charge is 0.481 e. The second-order valence-corrected chi connectivity index (χ2v) is 9.61. The Morgan fingerprint density at radius 2 is 1.68 bits per heavy atom. The van der Waals surface area contributed by atoms with E-state index in [1.54, 1.807) is 13.8 Å². The third-order valence-corrected chi connectivity index (χ3v) is 6.37. The standard InChI is InChI=1S/C26H30N2O6/c1-26(2,13-22(29)30)15-27-24(31)23-21(11-12-33-23)28-25(32)34-14-20-18-9-5-3-7-16(18)17-8-4-6-10-19(17)20/h3-10,20-21,23H,11-15H2,1-2H3,(H,27,31)(H,28,32)(H,29,30)/t21-,23+/m0/s1. The zero-order valence-corrected chi connectivity index (χ0v) is 19.4. The van der Waals surface area contributed by atoms with Crippen LogP contribution in [-0.2, 0) is 19.1 Å². The van der Waals surface area contributed by atoms with E-state index in [1.165, 1.54) is 0 Å². The summed E-state index contributed by atoms with van der Waals surface area (Å²) < 4.78 is 11.1. The van der Waals surface area contributed by atoms with Gasteiger partial charge in [-0.25, -0.2) is 4.79 Å². The molecule has 8 nitrogen and oxygen atoms in total. The number of amides is 2. The zero-order chi connectivity index (χ0) is 24.3. The van der Waals surface area contributed by atoms with Gasteiger partial charge in [0.15, 0.2) is 6.10 Å². The fourth-order valence-electron chi connectivity index (χ4n) is 4.69. The number of carboxylic acids is 1. The van der Waals surface area contributed by atoms with E-state index in [1.807, 2.05) is 24.3 Å². The second kappa shape index (κ2) is 9.85. The van der Waals surface area contributed by atoms with Crippen LogP contribution in [0.3, 0.4) is 0 Å². The number of carbonyl (C=O) groups excluding carboxylic acids is 2. The molecule has 34 heavy (non-hydrogen) atoms. The van der Waals surface area contributed by atoms with Crippen LogP contribution in [0.5, 0.6) is 0 Å². The Bertz CT molecular complexity index is 1040. The number of alkyl carbamates (subject to hydrolysis) is 1. The van der Waals surface area contributed by atoms with Crippen LogP contribution < -0.4 is 10.6 Å². The molecule has 0 spiro atoms. The number of fused-ring (bicyclic) bond motifs is 3. The highest BCUT2D eigenvalue weighted by Gasteiger charge is 2.37. The predicted molar refractivity (Wildman–Crippen MR) is 125 cm³/mol. The Labute approximate surface area is 198 Å². The normalized spacial score (nSPS) is 19.2. The zero-order valence-electron chi connectivity index (χ0n) is 19.4. The lowest BCUT2D eigenvalue weighted by Crippen LogP contribution is -2.50. The fraction of sp³-hybridized carbons (Fsp3) is 0.423. The molecule has 2 aromatic carbocycles. The predicted octanol–water partition coefficient (Wildman–Crippen LogP) is 3.30. The number of carbonyl (C=O) groups is 3. The van der Waals surface area contributed by atoms with E-state index < -0.39 is 29.6 Å². The van der Waals surface area contributed by atoms with Crippen LogP contribution in [-0.4, -0.2) is 55.0 Å². The second-order valence-electron chi connectivity index (χ2n) is 9.61. The van der Waals surface area contributed by atoms with E-state index in [0.717, 1.165) is 22.3 Å². The SMILES string of the molecule is CC(C)(CNC(=O)[C@@H]1OCC[C@@H]1NC(=O)OCC1c2ccccc2-c2ccccc21)CC(=O)O. The molecular formula is C26H30N2O6. The Hall–Kier alpha value is -3.39. The van der Waals surface area contributed by atoms with Crippen molar-refractivity contribution in [1.29, 1.82) is 0 Å². The smallest absolute Gasteiger partial charge is 0.407 e. The summed E-state index contributed by atoms with van der Waals surface area (Å²) in [6.45, 7) is 4.25. The maximum atomic E-state index is 12.6. The molecule has 8 heteroatoms. The summed E-state index contributed by atoms with van der Waals surface area (Å²) in [4.78, 5) is 36.2. The minimum absolute atomic E-state index is 0.0476. The van der Waals surface area contributed by atoms with Crippen molar-refractivity contribution in [1.82, 2.24) is 10.6 Å².